The zero-order valence-electron chi connectivity index (χ0n) is 25.1. The standard InChI is InChI=1S/C32H59NO6/c1-2-3-4-5-6-7-8-9-10-11-12-13-14-15-16-17-18-19-26-33(27-20-23-30(34)35,28-21-24-31(36)37)29-22-25-32(38)39/h3-4H,2,5-29H2,1H3,(H2-,34,35,36,37,38,39)/p+1/b4-3+. The zero-order valence-corrected chi connectivity index (χ0v) is 25.1. The monoisotopic (exact) mass is 554 g/mol. The predicted octanol–water partition coefficient (Wildman–Crippen LogP) is 8.22. The molecule has 228 valence electrons. The molecule has 0 bridgehead atoms. The number of quaternary nitrogens is 1. The number of carboxylic acid groups (broad SMARTS) is 3. The number of rotatable bonds is 30. The summed E-state index contributed by atoms with van der Waals surface area (Å²) in [5.74, 6) is -2.47. The van der Waals surface area contributed by atoms with Gasteiger partial charge >= 0.3 is 17.9 Å². The Balaban J connectivity index is 4.14. The van der Waals surface area contributed by atoms with E-state index in [1.165, 1.54) is 83.5 Å². The first-order valence-electron chi connectivity index (χ1n) is 16.0. The molecule has 0 aliphatic carbocycles. The molecule has 0 saturated carbocycles. The van der Waals surface area contributed by atoms with E-state index in [1.807, 2.05) is 0 Å². The molecule has 0 rings (SSSR count). The molecule has 0 unspecified atom stereocenters. The van der Waals surface area contributed by atoms with Crippen LogP contribution in [0.25, 0.3) is 0 Å². The van der Waals surface area contributed by atoms with E-state index < -0.39 is 17.9 Å². The summed E-state index contributed by atoms with van der Waals surface area (Å²) in [4.78, 5) is 33.2. The molecular weight excluding hydrogens is 494 g/mol. The second kappa shape index (κ2) is 26.3. The van der Waals surface area contributed by atoms with E-state index in [1.54, 1.807) is 0 Å². The highest BCUT2D eigenvalue weighted by Gasteiger charge is 2.27. The molecule has 0 amide bonds. The zero-order chi connectivity index (χ0) is 29.0. The van der Waals surface area contributed by atoms with Crippen LogP contribution in [0.3, 0.4) is 0 Å². The van der Waals surface area contributed by atoms with E-state index in [2.05, 4.69) is 19.1 Å². The van der Waals surface area contributed by atoms with Gasteiger partial charge in [0.05, 0.1) is 45.4 Å². The largest absolute Gasteiger partial charge is 0.481 e. The lowest BCUT2D eigenvalue weighted by molar-refractivity contribution is -0.929. The first kappa shape index (κ1) is 37.1. The number of aliphatic carboxylic acids is 3. The highest BCUT2D eigenvalue weighted by Crippen LogP contribution is 2.19. The molecule has 0 saturated heterocycles. The van der Waals surface area contributed by atoms with Gasteiger partial charge in [0.2, 0.25) is 0 Å². The first-order valence-corrected chi connectivity index (χ1v) is 16.0. The van der Waals surface area contributed by atoms with Gasteiger partial charge in [0.25, 0.3) is 0 Å². The van der Waals surface area contributed by atoms with Gasteiger partial charge in [-0.3, -0.25) is 14.4 Å². The maximum absolute atomic E-state index is 11.1. The molecule has 0 aromatic heterocycles. The second-order valence-electron chi connectivity index (χ2n) is 11.3. The number of nitrogens with zero attached hydrogens (tertiary/aromatic N) is 1. The minimum atomic E-state index is -0.824. The molecule has 0 aliphatic heterocycles. The fourth-order valence-electron chi connectivity index (χ4n) is 5.48. The summed E-state index contributed by atoms with van der Waals surface area (Å²) in [7, 11) is 0. The lowest BCUT2D eigenvalue weighted by Crippen LogP contribution is -2.51. The number of carboxylic acids is 3. The van der Waals surface area contributed by atoms with Crippen LogP contribution < -0.4 is 0 Å². The number of carbonyl (C=O) groups is 3. The normalized spacial score (nSPS) is 11.8. The smallest absolute Gasteiger partial charge is 0.303 e. The topological polar surface area (TPSA) is 112 Å². The summed E-state index contributed by atoms with van der Waals surface area (Å²) in [6.45, 7) is 5.06. The molecule has 0 fully saturated rings. The molecule has 0 heterocycles. The highest BCUT2D eigenvalue weighted by atomic mass is 16.4. The van der Waals surface area contributed by atoms with Crippen molar-refractivity contribution < 1.29 is 34.2 Å². The van der Waals surface area contributed by atoms with Gasteiger partial charge in [0, 0.05) is 19.3 Å². The number of hydrogen-bond donors (Lipinski definition) is 3. The Hall–Kier alpha value is -1.89. The Kier molecular flexibility index (Phi) is 25.1. The molecule has 0 spiro atoms. The van der Waals surface area contributed by atoms with E-state index in [0.29, 0.717) is 43.4 Å². The third kappa shape index (κ3) is 26.1. The van der Waals surface area contributed by atoms with Crippen LogP contribution in [0.2, 0.25) is 0 Å². The molecule has 0 atom stereocenters. The molecule has 7 nitrogen and oxygen atoms in total. The van der Waals surface area contributed by atoms with E-state index in [4.69, 9.17) is 15.3 Å². The van der Waals surface area contributed by atoms with E-state index in [-0.39, 0.29) is 19.3 Å². The summed E-state index contributed by atoms with van der Waals surface area (Å²) in [6, 6.07) is 0. The minimum Gasteiger partial charge on any atom is -0.481 e. The maximum atomic E-state index is 11.1. The first-order chi connectivity index (χ1) is 18.8. The number of unbranched alkanes of at least 4 members (excludes halogenated alkanes) is 14. The van der Waals surface area contributed by atoms with Crippen molar-refractivity contribution in [3.05, 3.63) is 12.2 Å². The molecule has 0 aromatic rings. The van der Waals surface area contributed by atoms with Crippen molar-refractivity contribution in [2.75, 3.05) is 26.2 Å². The molecular formula is C32H60NO6+. The van der Waals surface area contributed by atoms with Gasteiger partial charge in [-0.15, -0.1) is 0 Å². The average Bonchev–Trinajstić information content (AvgIpc) is 2.87. The average molecular weight is 555 g/mol. The number of hydrogen-bond acceptors (Lipinski definition) is 3. The van der Waals surface area contributed by atoms with Crippen LogP contribution in [0.4, 0.5) is 0 Å². The quantitative estimate of drug-likeness (QED) is 0.0468. The van der Waals surface area contributed by atoms with Crippen LogP contribution in [0.15, 0.2) is 12.2 Å². The number of allylic oxidation sites excluding steroid dienone is 2. The summed E-state index contributed by atoms with van der Waals surface area (Å²) >= 11 is 0. The van der Waals surface area contributed by atoms with E-state index >= 15 is 0 Å². The summed E-state index contributed by atoms with van der Waals surface area (Å²) in [6.07, 6.45) is 26.8. The van der Waals surface area contributed by atoms with Crippen molar-refractivity contribution >= 4 is 17.9 Å². The molecule has 39 heavy (non-hydrogen) atoms. The van der Waals surface area contributed by atoms with Crippen LogP contribution in [-0.2, 0) is 14.4 Å². The SMILES string of the molecule is CC/C=C/CCCCCCCCCCCCCCCC[N+](CCCC(=O)O)(CCCC(=O)O)CCCC(=O)O. The predicted molar refractivity (Wildman–Crippen MR) is 159 cm³/mol. The fourth-order valence-corrected chi connectivity index (χ4v) is 5.48. The van der Waals surface area contributed by atoms with Gasteiger partial charge in [-0.05, 0) is 32.1 Å². The van der Waals surface area contributed by atoms with Crippen LogP contribution in [0.1, 0.15) is 148 Å². The lowest BCUT2D eigenvalue weighted by atomic mass is 10.0. The van der Waals surface area contributed by atoms with Crippen LogP contribution in [0.5, 0.6) is 0 Å². The van der Waals surface area contributed by atoms with Crippen molar-refractivity contribution in [2.45, 2.75) is 148 Å². The maximum Gasteiger partial charge on any atom is 0.303 e. The Labute approximate surface area is 238 Å². The van der Waals surface area contributed by atoms with Crippen molar-refractivity contribution in [3.8, 4) is 0 Å². The van der Waals surface area contributed by atoms with Crippen LogP contribution in [0, 0.1) is 0 Å². The Morgan fingerprint density at radius 1 is 0.462 bits per heavy atom. The van der Waals surface area contributed by atoms with Gasteiger partial charge in [-0.25, -0.2) is 0 Å². The minimum absolute atomic E-state index is 0.0921. The molecule has 0 aliphatic rings. The highest BCUT2D eigenvalue weighted by molar-refractivity contribution is 5.67. The Morgan fingerprint density at radius 3 is 1.10 bits per heavy atom. The summed E-state index contributed by atoms with van der Waals surface area (Å²) in [5, 5.41) is 27.2. The van der Waals surface area contributed by atoms with Crippen molar-refractivity contribution in [1.82, 2.24) is 0 Å². The third-order valence-electron chi connectivity index (χ3n) is 7.72. The lowest BCUT2D eigenvalue weighted by Gasteiger charge is -2.39. The fraction of sp³-hybridized carbons (Fsp3) is 0.844. The van der Waals surface area contributed by atoms with Crippen molar-refractivity contribution in [2.24, 2.45) is 0 Å². The van der Waals surface area contributed by atoms with Crippen molar-refractivity contribution in [1.29, 1.82) is 0 Å². The Bertz CT molecular complexity index is 598. The molecule has 0 aromatic carbocycles. The van der Waals surface area contributed by atoms with Gasteiger partial charge < -0.3 is 19.8 Å². The second-order valence-corrected chi connectivity index (χ2v) is 11.3. The van der Waals surface area contributed by atoms with Crippen LogP contribution >= 0.6 is 0 Å². The van der Waals surface area contributed by atoms with Gasteiger partial charge in [0.1, 0.15) is 0 Å². The van der Waals surface area contributed by atoms with Crippen LogP contribution in [-0.4, -0.2) is 63.9 Å². The summed E-state index contributed by atoms with van der Waals surface area (Å²) < 4.78 is 0.643. The molecule has 3 N–H and O–H groups in total. The van der Waals surface area contributed by atoms with Gasteiger partial charge in [-0.1, -0.05) is 89.7 Å². The molecule has 0 radical (unpaired) electrons. The van der Waals surface area contributed by atoms with Gasteiger partial charge in [-0.2, -0.15) is 0 Å². The Morgan fingerprint density at radius 2 is 0.769 bits per heavy atom. The van der Waals surface area contributed by atoms with E-state index in [9.17, 15) is 14.4 Å². The van der Waals surface area contributed by atoms with E-state index in [0.717, 1.165) is 25.8 Å². The molecule has 7 heteroatoms. The van der Waals surface area contributed by atoms with Gasteiger partial charge in [0.15, 0.2) is 0 Å². The van der Waals surface area contributed by atoms with Crippen molar-refractivity contribution in [3.63, 3.8) is 0 Å². The summed E-state index contributed by atoms with van der Waals surface area (Å²) in [5.41, 5.74) is 0. The third-order valence-corrected chi connectivity index (χ3v) is 7.72.